The molecule has 0 heterocycles. The Morgan fingerprint density at radius 3 is 2.24 bits per heavy atom. The molecule has 0 N–H and O–H groups in total. The summed E-state index contributed by atoms with van der Waals surface area (Å²) in [5, 5.41) is 0. The number of carbonyl (C=O) groups excluding carboxylic acids is 2. The number of ketones is 1. The molecule has 0 spiro atoms. The molecule has 1 saturated carbocycles. The van der Waals surface area contributed by atoms with Gasteiger partial charge in [0.15, 0.2) is 0 Å². The van der Waals surface area contributed by atoms with Crippen molar-refractivity contribution in [1.82, 2.24) is 0 Å². The molecule has 3 unspecified atom stereocenters. The van der Waals surface area contributed by atoms with Gasteiger partial charge >= 0.3 is 5.97 Å². The lowest BCUT2D eigenvalue weighted by Gasteiger charge is -2.44. The Bertz CT molecular complexity index is 641. The predicted molar refractivity (Wildman–Crippen MR) is 97.8 cm³/mol. The third kappa shape index (κ3) is 3.50. The Balaban J connectivity index is 2.64. The van der Waals surface area contributed by atoms with E-state index < -0.39 is 11.4 Å². The van der Waals surface area contributed by atoms with Crippen molar-refractivity contribution in [2.24, 2.45) is 5.41 Å². The molecule has 3 atom stereocenters. The van der Waals surface area contributed by atoms with Gasteiger partial charge < -0.3 is 9.47 Å². The maximum atomic E-state index is 13.0. The SMILES string of the molecule is CCOC(=O)C1(C(C)=O)CC(OC)CCC1c1c(C)cc(C)cc1C. The number of rotatable bonds is 5. The van der Waals surface area contributed by atoms with Crippen LogP contribution in [0.25, 0.3) is 0 Å². The number of aryl methyl sites for hydroxylation is 3. The summed E-state index contributed by atoms with van der Waals surface area (Å²) in [7, 11) is 1.64. The lowest BCUT2D eigenvalue weighted by molar-refractivity contribution is -0.167. The Kier molecular flexibility index (Phi) is 6.04. The Morgan fingerprint density at radius 1 is 1.16 bits per heavy atom. The summed E-state index contributed by atoms with van der Waals surface area (Å²) >= 11 is 0. The van der Waals surface area contributed by atoms with Gasteiger partial charge in [-0.3, -0.25) is 9.59 Å². The average molecular weight is 346 g/mol. The number of hydrogen-bond donors (Lipinski definition) is 0. The van der Waals surface area contributed by atoms with Crippen LogP contribution in [-0.4, -0.2) is 31.6 Å². The monoisotopic (exact) mass is 346 g/mol. The topological polar surface area (TPSA) is 52.6 Å². The first-order valence-corrected chi connectivity index (χ1v) is 9.06. The second kappa shape index (κ2) is 7.69. The van der Waals surface area contributed by atoms with Gasteiger partial charge in [0.25, 0.3) is 0 Å². The summed E-state index contributed by atoms with van der Waals surface area (Å²) in [5.41, 5.74) is 3.40. The highest BCUT2D eigenvalue weighted by Crippen LogP contribution is 2.51. The molecule has 138 valence electrons. The minimum atomic E-state index is -1.17. The van der Waals surface area contributed by atoms with Crippen LogP contribution in [0, 0.1) is 26.2 Å². The van der Waals surface area contributed by atoms with E-state index in [-0.39, 0.29) is 24.4 Å². The van der Waals surface area contributed by atoms with Crippen LogP contribution >= 0.6 is 0 Å². The van der Waals surface area contributed by atoms with Crippen molar-refractivity contribution in [2.75, 3.05) is 13.7 Å². The summed E-state index contributed by atoms with van der Waals surface area (Å²) in [6.45, 7) is 9.75. The molecular formula is C21H30O4. The van der Waals surface area contributed by atoms with Crippen molar-refractivity contribution in [3.05, 3.63) is 34.4 Å². The molecule has 0 bridgehead atoms. The maximum absolute atomic E-state index is 13.0. The molecule has 1 aliphatic rings. The van der Waals surface area contributed by atoms with E-state index in [1.54, 1.807) is 14.0 Å². The normalized spacial score (nSPS) is 26.3. The minimum absolute atomic E-state index is 0.101. The van der Waals surface area contributed by atoms with Crippen LogP contribution in [0.4, 0.5) is 0 Å². The van der Waals surface area contributed by atoms with Crippen LogP contribution in [0.2, 0.25) is 0 Å². The third-order valence-corrected chi connectivity index (χ3v) is 5.61. The molecule has 1 aromatic carbocycles. The van der Waals surface area contributed by atoms with E-state index in [2.05, 4.69) is 32.9 Å². The van der Waals surface area contributed by atoms with Gasteiger partial charge in [-0.1, -0.05) is 17.7 Å². The molecular weight excluding hydrogens is 316 g/mol. The Hall–Kier alpha value is -1.68. The number of carbonyl (C=O) groups is 2. The van der Waals surface area contributed by atoms with Crippen molar-refractivity contribution in [1.29, 1.82) is 0 Å². The molecule has 1 aromatic rings. The number of hydrogen-bond acceptors (Lipinski definition) is 4. The fourth-order valence-electron chi connectivity index (χ4n) is 4.55. The lowest BCUT2D eigenvalue weighted by Crippen LogP contribution is -2.50. The number of benzene rings is 1. The minimum Gasteiger partial charge on any atom is -0.465 e. The Labute approximate surface area is 150 Å². The molecule has 0 aromatic heterocycles. The third-order valence-electron chi connectivity index (χ3n) is 5.61. The zero-order valence-corrected chi connectivity index (χ0v) is 16.3. The molecule has 25 heavy (non-hydrogen) atoms. The van der Waals surface area contributed by atoms with Gasteiger partial charge in [0.2, 0.25) is 0 Å². The molecule has 0 aliphatic heterocycles. The molecule has 2 rings (SSSR count). The fraction of sp³-hybridized carbons (Fsp3) is 0.619. The van der Waals surface area contributed by atoms with Crippen molar-refractivity contribution < 1.29 is 19.1 Å². The van der Waals surface area contributed by atoms with Crippen LogP contribution in [-0.2, 0) is 19.1 Å². The largest absolute Gasteiger partial charge is 0.465 e. The molecule has 0 amide bonds. The summed E-state index contributed by atoms with van der Waals surface area (Å²) in [4.78, 5) is 25.8. The average Bonchev–Trinajstić information content (AvgIpc) is 2.54. The van der Waals surface area contributed by atoms with Crippen molar-refractivity contribution in [3.8, 4) is 0 Å². The highest BCUT2D eigenvalue weighted by Gasteiger charge is 2.55. The van der Waals surface area contributed by atoms with Crippen LogP contribution in [0.5, 0.6) is 0 Å². The summed E-state index contributed by atoms with van der Waals surface area (Å²) in [5.74, 6) is -0.707. The van der Waals surface area contributed by atoms with Gasteiger partial charge in [0.1, 0.15) is 11.2 Å². The van der Waals surface area contributed by atoms with Crippen LogP contribution < -0.4 is 0 Å². The highest BCUT2D eigenvalue weighted by molar-refractivity contribution is 6.04. The van der Waals surface area contributed by atoms with Crippen molar-refractivity contribution in [3.63, 3.8) is 0 Å². The Morgan fingerprint density at radius 2 is 1.76 bits per heavy atom. The second-order valence-electron chi connectivity index (χ2n) is 7.25. The number of Topliss-reactive ketones (excluding diaryl/α,β-unsaturated/α-hetero) is 1. The van der Waals surface area contributed by atoms with Crippen LogP contribution in [0.15, 0.2) is 12.1 Å². The van der Waals surface area contributed by atoms with Crippen LogP contribution in [0.3, 0.4) is 0 Å². The highest BCUT2D eigenvalue weighted by atomic mass is 16.5. The zero-order valence-electron chi connectivity index (χ0n) is 16.3. The van der Waals surface area contributed by atoms with Gasteiger partial charge in [-0.2, -0.15) is 0 Å². The van der Waals surface area contributed by atoms with Crippen molar-refractivity contribution >= 4 is 11.8 Å². The van der Waals surface area contributed by atoms with Crippen molar-refractivity contribution in [2.45, 2.75) is 65.9 Å². The summed E-state index contributed by atoms with van der Waals surface area (Å²) in [6.07, 6.45) is 1.86. The van der Waals surface area contributed by atoms with Crippen LogP contribution in [0.1, 0.15) is 61.3 Å². The van der Waals surface area contributed by atoms with E-state index in [4.69, 9.17) is 9.47 Å². The van der Waals surface area contributed by atoms with E-state index in [0.717, 1.165) is 29.5 Å². The number of ether oxygens (including phenoxy) is 2. The lowest BCUT2D eigenvalue weighted by atomic mass is 9.59. The molecule has 4 heteroatoms. The standard InChI is InChI=1S/C21H30O4/c1-7-25-20(23)21(16(5)22)12-17(24-6)8-9-18(21)19-14(3)10-13(2)11-15(19)4/h10-11,17-18H,7-9,12H2,1-6H3. The molecule has 1 aliphatic carbocycles. The van der Waals surface area contributed by atoms with E-state index in [1.165, 1.54) is 12.5 Å². The molecule has 0 radical (unpaired) electrons. The van der Waals surface area contributed by atoms with E-state index in [9.17, 15) is 9.59 Å². The fourth-order valence-corrected chi connectivity index (χ4v) is 4.55. The first-order chi connectivity index (χ1) is 11.8. The predicted octanol–water partition coefficient (Wildman–Crippen LogP) is 4.03. The maximum Gasteiger partial charge on any atom is 0.320 e. The van der Waals surface area contributed by atoms with E-state index in [0.29, 0.717) is 6.42 Å². The van der Waals surface area contributed by atoms with E-state index >= 15 is 0 Å². The van der Waals surface area contributed by atoms with Gasteiger partial charge in [0, 0.05) is 13.0 Å². The van der Waals surface area contributed by atoms with Gasteiger partial charge in [-0.05, 0) is 70.6 Å². The zero-order chi connectivity index (χ0) is 18.8. The van der Waals surface area contributed by atoms with Gasteiger partial charge in [0.05, 0.1) is 12.7 Å². The van der Waals surface area contributed by atoms with Gasteiger partial charge in [-0.25, -0.2) is 0 Å². The quantitative estimate of drug-likeness (QED) is 0.596. The number of esters is 1. The second-order valence-corrected chi connectivity index (χ2v) is 7.25. The first-order valence-electron chi connectivity index (χ1n) is 9.06. The first kappa shape index (κ1) is 19.6. The molecule has 1 fully saturated rings. The van der Waals surface area contributed by atoms with E-state index in [1.807, 2.05) is 0 Å². The summed E-state index contributed by atoms with van der Waals surface area (Å²) in [6, 6.07) is 4.25. The molecule has 0 saturated heterocycles. The number of methoxy groups -OCH3 is 1. The molecule has 4 nitrogen and oxygen atoms in total. The van der Waals surface area contributed by atoms with Gasteiger partial charge in [-0.15, -0.1) is 0 Å². The smallest absolute Gasteiger partial charge is 0.320 e. The summed E-state index contributed by atoms with van der Waals surface area (Å²) < 4.78 is 10.9.